The lowest BCUT2D eigenvalue weighted by atomic mass is 10.2. The SMILES string of the molecule is CCS(=O)(=O)c1ccccc1N1CCO[C@H](CN(C)C)C1. The number of benzene rings is 1. The standard InChI is InChI=1S/C15H24N2O3S/c1-4-21(18,19)15-8-6-5-7-14(15)17-9-10-20-13(12-17)11-16(2)3/h5-8,13H,4,9-12H2,1-3H3/t13-/m1/s1. The third-order valence-corrected chi connectivity index (χ3v) is 5.40. The number of anilines is 1. The van der Waals surface area contributed by atoms with Crippen LogP contribution in [-0.4, -0.2) is 65.5 Å². The van der Waals surface area contributed by atoms with E-state index in [9.17, 15) is 8.42 Å². The Labute approximate surface area is 127 Å². The summed E-state index contributed by atoms with van der Waals surface area (Å²) in [7, 11) is 0.812. The lowest BCUT2D eigenvalue weighted by Crippen LogP contribution is -2.46. The van der Waals surface area contributed by atoms with Crippen molar-refractivity contribution in [2.24, 2.45) is 0 Å². The minimum Gasteiger partial charge on any atom is -0.373 e. The minimum atomic E-state index is -3.21. The van der Waals surface area contributed by atoms with Gasteiger partial charge in [0.25, 0.3) is 0 Å². The Balaban J connectivity index is 2.26. The molecule has 0 N–H and O–H groups in total. The van der Waals surface area contributed by atoms with E-state index in [1.807, 2.05) is 26.2 Å². The van der Waals surface area contributed by atoms with Crippen LogP contribution in [0, 0.1) is 0 Å². The zero-order valence-corrected chi connectivity index (χ0v) is 13.8. The first-order valence-corrected chi connectivity index (χ1v) is 8.92. The second kappa shape index (κ2) is 6.77. The predicted octanol–water partition coefficient (Wildman–Crippen LogP) is 1.25. The monoisotopic (exact) mass is 312 g/mol. The van der Waals surface area contributed by atoms with Gasteiger partial charge in [-0.25, -0.2) is 8.42 Å². The Morgan fingerprint density at radius 2 is 2.05 bits per heavy atom. The van der Waals surface area contributed by atoms with E-state index in [0.717, 1.165) is 18.8 Å². The summed E-state index contributed by atoms with van der Waals surface area (Å²) in [5.41, 5.74) is 0.798. The summed E-state index contributed by atoms with van der Waals surface area (Å²) in [6.07, 6.45) is 0.103. The van der Waals surface area contributed by atoms with Crippen LogP contribution in [0.1, 0.15) is 6.92 Å². The normalized spacial score (nSPS) is 20.0. The van der Waals surface area contributed by atoms with E-state index < -0.39 is 9.84 Å². The van der Waals surface area contributed by atoms with Crippen molar-refractivity contribution in [1.82, 2.24) is 4.90 Å². The second-order valence-corrected chi connectivity index (χ2v) is 7.82. The first-order valence-electron chi connectivity index (χ1n) is 7.27. The molecule has 1 saturated heterocycles. The van der Waals surface area contributed by atoms with Crippen molar-refractivity contribution >= 4 is 15.5 Å². The average molecular weight is 312 g/mol. The molecule has 118 valence electrons. The van der Waals surface area contributed by atoms with Crippen LogP contribution < -0.4 is 4.90 Å². The molecule has 1 atom stereocenters. The second-order valence-electron chi connectivity index (χ2n) is 5.57. The van der Waals surface area contributed by atoms with Gasteiger partial charge in [0.05, 0.1) is 29.0 Å². The van der Waals surface area contributed by atoms with Crippen LogP contribution in [0.5, 0.6) is 0 Å². The van der Waals surface area contributed by atoms with Crippen molar-refractivity contribution < 1.29 is 13.2 Å². The van der Waals surface area contributed by atoms with E-state index >= 15 is 0 Å². The summed E-state index contributed by atoms with van der Waals surface area (Å²) in [6.45, 7) is 4.58. The largest absolute Gasteiger partial charge is 0.373 e. The molecular formula is C15H24N2O3S. The third kappa shape index (κ3) is 3.96. The van der Waals surface area contributed by atoms with E-state index in [0.29, 0.717) is 18.0 Å². The average Bonchev–Trinajstić information content (AvgIpc) is 2.47. The molecule has 0 bridgehead atoms. The minimum absolute atomic E-state index is 0.103. The molecule has 5 nitrogen and oxygen atoms in total. The number of morpholine rings is 1. The van der Waals surface area contributed by atoms with Crippen LogP contribution in [0.3, 0.4) is 0 Å². The van der Waals surface area contributed by atoms with Gasteiger partial charge < -0.3 is 14.5 Å². The third-order valence-electron chi connectivity index (χ3n) is 3.63. The molecule has 1 aliphatic heterocycles. The highest BCUT2D eigenvalue weighted by molar-refractivity contribution is 7.91. The molecular weight excluding hydrogens is 288 g/mol. The quantitative estimate of drug-likeness (QED) is 0.819. The number of para-hydroxylation sites is 1. The van der Waals surface area contributed by atoms with Gasteiger partial charge >= 0.3 is 0 Å². The number of sulfone groups is 1. The van der Waals surface area contributed by atoms with E-state index in [2.05, 4.69) is 9.80 Å². The molecule has 21 heavy (non-hydrogen) atoms. The Morgan fingerprint density at radius 1 is 1.33 bits per heavy atom. The fraction of sp³-hybridized carbons (Fsp3) is 0.600. The zero-order chi connectivity index (χ0) is 15.5. The van der Waals surface area contributed by atoms with E-state index in [1.165, 1.54) is 0 Å². The summed E-state index contributed by atoms with van der Waals surface area (Å²) < 4.78 is 30.3. The van der Waals surface area contributed by atoms with E-state index in [-0.39, 0.29) is 11.9 Å². The molecule has 6 heteroatoms. The molecule has 0 saturated carbocycles. The topological polar surface area (TPSA) is 49.9 Å². The highest BCUT2D eigenvalue weighted by atomic mass is 32.2. The van der Waals surface area contributed by atoms with Crippen molar-refractivity contribution in [2.75, 3.05) is 51.0 Å². The molecule has 1 fully saturated rings. The number of nitrogens with zero attached hydrogens (tertiary/aromatic N) is 2. The van der Waals surface area contributed by atoms with Crippen molar-refractivity contribution in [1.29, 1.82) is 0 Å². The van der Waals surface area contributed by atoms with Gasteiger partial charge in [0.1, 0.15) is 0 Å². The number of rotatable bonds is 5. The summed E-state index contributed by atoms with van der Waals surface area (Å²) in [4.78, 5) is 4.64. The van der Waals surface area contributed by atoms with Crippen molar-refractivity contribution in [3.8, 4) is 0 Å². The van der Waals surface area contributed by atoms with Crippen molar-refractivity contribution in [3.63, 3.8) is 0 Å². The zero-order valence-electron chi connectivity index (χ0n) is 12.9. The van der Waals surface area contributed by atoms with Gasteiger partial charge in [-0.15, -0.1) is 0 Å². The summed E-state index contributed by atoms with van der Waals surface area (Å²) in [5, 5.41) is 0. The first-order chi connectivity index (χ1) is 9.94. The molecule has 1 heterocycles. The van der Waals surface area contributed by atoms with Crippen LogP contribution in [-0.2, 0) is 14.6 Å². The number of hydrogen-bond acceptors (Lipinski definition) is 5. The van der Waals surface area contributed by atoms with Crippen LogP contribution >= 0.6 is 0 Å². The smallest absolute Gasteiger partial charge is 0.180 e. The van der Waals surface area contributed by atoms with Gasteiger partial charge in [-0.1, -0.05) is 19.1 Å². The summed E-state index contributed by atoms with van der Waals surface area (Å²) >= 11 is 0. The Morgan fingerprint density at radius 3 is 2.71 bits per heavy atom. The predicted molar refractivity (Wildman–Crippen MR) is 84.7 cm³/mol. The van der Waals surface area contributed by atoms with Gasteiger partial charge in [-0.05, 0) is 26.2 Å². The molecule has 1 aromatic carbocycles. The van der Waals surface area contributed by atoms with Crippen LogP contribution in [0.25, 0.3) is 0 Å². The van der Waals surface area contributed by atoms with Gasteiger partial charge in [0.2, 0.25) is 0 Å². The first kappa shape index (κ1) is 16.3. The van der Waals surface area contributed by atoms with E-state index in [4.69, 9.17) is 4.74 Å². The maximum Gasteiger partial charge on any atom is 0.180 e. The van der Waals surface area contributed by atoms with Crippen LogP contribution in [0.15, 0.2) is 29.2 Å². The molecule has 0 radical (unpaired) electrons. The van der Waals surface area contributed by atoms with Crippen molar-refractivity contribution in [2.45, 2.75) is 17.9 Å². The van der Waals surface area contributed by atoms with Gasteiger partial charge in [0, 0.05) is 19.6 Å². The molecule has 2 rings (SSSR count). The fourth-order valence-electron chi connectivity index (χ4n) is 2.59. The Kier molecular flexibility index (Phi) is 5.24. The number of likely N-dealkylation sites (N-methyl/N-ethyl adjacent to an activating group) is 1. The molecule has 0 spiro atoms. The highest BCUT2D eigenvalue weighted by Gasteiger charge is 2.25. The maximum atomic E-state index is 12.3. The summed E-state index contributed by atoms with van der Waals surface area (Å²) in [5.74, 6) is 0.121. The number of hydrogen-bond donors (Lipinski definition) is 0. The van der Waals surface area contributed by atoms with Crippen LogP contribution in [0.4, 0.5) is 5.69 Å². The fourth-order valence-corrected chi connectivity index (χ4v) is 3.71. The molecule has 0 aromatic heterocycles. The van der Waals surface area contributed by atoms with Gasteiger partial charge in [-0.3, -0.25) is 0 Å². The van der Waals surface area contributed by atoms with Crippen LogP contribution in [0.2, 0.25) is 0 Å². The van der Waals surface area contributed by atoms with Gasteiger partial charge in [0.15, 0.2) is 9.84 Å². The lowest BCUT2D eigenvalue weighted by Gasteiger charge is -2.36. The molecule has 1 aromatic rings. The van der Waals surface area contributed by atoms with Crippen molar-refractivity contribution in [3.05, 3.63) is 24.3 Å². The Bertz CT molecular complexity index is 572. The Hall–Kier alpha value is -1.11. The summed E-state index contributed by atoms with van der Waals surface area (Å²) in [6, 6.07) is 7.26. The number of ether oxygens (including phenoxy) is 1. The highest BCUT2D eigenvalue weighted by Crippen LogP contribution is 2.27. The lowest BCUT2D eigenvalue weighted by molar-refractivity contribution is 0.0246. The molecule has 0 unspecified atom stereocenters. The van der Waals surface area contributed by atoms with Gasteiger partial charge in [-0.2, -0.15) is 0 Å². The van der Waals surface area contributed by atoms with E-state index in [1.54, 1.807) is 19.1 Å². The molecule has 1 aliphatic rings. The molecule has 0 amide bonds. The molecule has 0 aliphatic carbocycles. The maximum absolute atomic E-state index is 12.3.